The van der Waals surface area contributed by atoms with Crippen molar-refractivity contribution in [2.24, 2.45) is 0 Å². The number of Topliss-reactive ketones (excluding diaryl/α,β-unsaturated/α-hetero) is 2. The molecule has 0 bridgehead atoms. The number of nitrogens with zero attached hydrogens (tertiary/aromatic N) is 8. The van der Waals surface area contributed by atoms with E-state index in [4.69, 9.17) is 9.31 Å². The standard InChI is InChI=1S/C20H16N4O.C19H22BN3O2.C7H6BrNO/c1-13-5-3-8-20(22-13)24-19-11-15(9-10-16(19)12-21-24)18-7-4-6-17(23-18)14(2)25;1-13-7-6-8-17(22-13)23-16-11-15(10-9-14(16)12-21-23)20-24-18(2,3)19(4,5)25-20;1-5(10)6-3-2-4-7(8)9-6/h3-12H,1-2H3;6-12H,1-5H3;2-4H,1H3. The highest BCUT2D eigenvalue weighted by molar-refractivity contribution is 9.10. The molecule has 14 heteroatoms. The lowest BCUT2D eigenvalue weighted by Gasteiger charge is -2.32. The van der Waals surface area contributed by atoms with Crippen LogP contribution in [-0.4, -0.2) is 69.4 Å². The van der Waals surface area contributed by atoms with Gasteiger partial charge >= 0.3 is 7.12 Å². The summed E-state index contributed by atoms with van der Waals surface area (Å²) in [5.74, 6) is 1.52. The predicted octanol–water partition coefficient (Wildman–Crippen LogP) is 9.07. The number of pyridine rings is 4. The first-order valence-corrected chi connectivity index (χ1v) is 20.2. The minimum absolute atomic E-state index is 0.0127. The number of rotatable bonds is 6. The molecule has 0 spiro atoms. The summed E-state index contributed by atoms with van der Waals surface area (Å²) in [6.07, 6.45) is 3.68. The third kappa shape index (κ3) is 9.15. The number of aryl methyl sites for hydroxylation is 2. The summed E-state index contributed by atoms with van der Waals surface area (Å²) in [4.78, 5) is 39.8. The normalized spacial score (nSPS) is 14.0. The van der Waals surface area contributed by atoms with Gasteiger partial charge in [-0.25, -0.2) is 29.3 Å². The molecule has 302 valence electrons. The minimum Gasteiger partial charge on any atom is -0.399 e. The molecule has 8 aromatic rings. The summed E-state index contributed by atoms with van der Waals surface area (Å²) in [7, 11) is -0.386. The van der Waals surface area contributed by atoms with Gasteiger partial charge in [-0.3, -0.25) is 9.59 Å². The topological polar surface area (TPSA) is 140 Å². The minimum atomic E-state index is -0.386. The highest BCUT2D eigenvalue weighted by Crippen LogP contribution is 2.36. The largest absolute Gasteiger partial charge is 0.494 e. The van der Waals surface area contributed by atoms with Crippen molar-refractivity contribution in [3.8, 4) is 22.9 Å². The van der Waals surface area contributed by atoms with Crippen LogP contribution in [0.4, 0.5) is 0 Å². The Morgan fingerprint density at radius 1 is 0.600 bits per heavy atom. The number of fused-ring (bicyclic) bond motifs is 2. The van der Waals surface area contributed by atoms with E-state index in [9.17, 15) is 9.59 Å². The molecule has 1 aliphatic rings. The molecule has 9 rings (SSSR count). The molecule has 0 atom stereocenters. The molecule has 0 amide bonds. The first-order chi connectivity index (χ1) is 28.6. The smallest absolute Gasteiger partial charge is 0.399 e. The van der Waals surface area contributed by atoms with Crippen LogP contribution < -0.4 is 5.46 Å². The van der Waals surface area contributed by atoms with E-state index in [-0.39, 0.29) is 29.9 Å². The van der Waals surface area contributed by atoms with E-state index in [1.54, 1.807) is 24.3 Å². The van der Waals surface area contributed by atoms with Gasteiger partial charge in [-0.1, -0.05) is 48.5 Å². The summed E-state index contributed by atoms with van der Waals surface area (Å²) < 4.78 is 16.7. The van der Waals surface area contributed by atoms with Gasteiger partial charge < -0.3 is 9.31 Å². The van der Waals surface area contributed by atoms with Gasteiger partial charge in [0.15, 0.2) is 23.2 Å². The Balaban J connectivity index is 0.000000148. The molecule has 12 nitrogen and oxygen atoms in total. The van der Waals surface area contributed by atoms with E-state index in [1.165, 1.54) is 13.8 Å². The van der Waals surface area contributed by atoms with Crippen LogP contribution in [0.25, 0.3) is 44.7 Å². The second-order valence-electron chi connectivity index (χ2n) is 15.4. The van der Waals surface area contributed by atoms with Crippen LogP contribution in [0.5, 0.6) is 0 Å². The average molecular weight is 864 g/mol. The quantitative estimate of drug-likeness (QED) is 0.0904. The molecular weight excluding hydrogens is 819 g/mol. The number of halogens is 1. The predicted molar refractivity (Wildman–Crippen MR) is 238 cm³/mol. The number of hydrogen-bond donors (Lipinski definition) is 0. The molecule has 0 unspecified atom stereocenters. The number of benzene rings is 2. The zero-order valence-electron chi connectivity index (χ0n) is 34.7. The summed E-state index contributed by atoms with van der Waals surface area (Å²) in [5, 5.41) is 11.1. The first-order valence-electron chi connectivity index (χ1n) is 19.4. The average Bonchev–Trinajstić information content (AvgIpc) is 3.90. The number of ketones is 2. The van der Waals surface area contributed by atoms with Gasteiger partial charge in [0.1, 0.15) is 16.0 Å². The van der Waals surface area contributed by atoms with Crippen LogP contribution in [0, 0.1) is 13.8 Å². The van der Waals surface area contributed by atoms with Crippen molar-refractivity contribution in [2.45, 2.75) is 66.6 Å². The Hall–Kier alpha value is -6.22. The van der Waals surface area contributed by atoms with Crippen molar-refractivity contribution < 1.29 is 18.9 Å². The summed E-state index contributed by atoms with van der Waals surface area (Å²) in [6, 6.07) is 34.7. The molecule has 1 saturated heterocycles. The second-order valence-corrected chi connectivity index (χ2v) is 16.2. The second kappa shape index (κ2) is 17.2. The monoisotopic (exact) mass is 862 g/mol. The van der Waals surface area contributed by atoms with E-state index in [0.717, 1.165) is 61.5 Å². The Bertz CT molecular complexity index is 2860. The molecule has 60 heavy (non-hydrogen) atoms. The van der Waals surface area contributed by atoms with Crippen LogP contribution in [0.2, 0.25) is 0 Å². The summed E-state index contributed by atoms with van der Waals surface area (Å²) >= 11 is 3.17. The molecule has 1 fully saturated rings. The van der Waals surface area contributed by atoms with Gasteiger partial charge in [0.05, 0.1) is 40.3 Å². The maximum Gasteiger partial charge on any atom is 0.494 e. The lowest BCUT2D eigenvalue weighted by Crippen LogP contribution is -2.41. The van der Waals surface area contributed by atoms with Gasteiger partial charge in [0, 0.05) is 41.6 Å². The van der Waals surface area contributed by atoms with Crippen LogP contribution >= 0.6 is 15.9 Å². The maximum absolute atomic E-state index is 11.6. The van der Waals surface area contributed by atoms with Crippen LogP contribution in [0.15, 0.2) is 126 Å². The van der Waals surface area contributed by atoms with E-state index < -0.39 is 0 Å². The molecule has 0 saturated carbocycles. The number of carbonyl (C=O) groups is 2. The van der Waals surface area contributed by atoms with E-state index in [2.05, 4.69) is 85.9 Å². The molecule has 1 aliphatic heterocycles. The van der Waals surface area contributed by atoms with E-state index in [0.29, 0.717) is 16.0 Å². The molecule has 0 N–H and O–H groups in total. The molecule has 0 radical (unpaired) electrons. The number of hydrogen-bond acceptors (Lipinski definition) is 10. The van der Waals surface area contributed by atoms with Crippen molar-refractivity contribution in [2.75, 3.05) is 0 Å². The zero-order valence-corrected chi connectivity index (χ0v) is 36.3. The van der Waals surface area contributed by atoms with Crippen LogP contribution in [0.1, 0.15) is 73.9 Å². The summed E-state index contributed by atoms with van der Waals surface area (Å²) in [5.41, 5.74) is 6.77. The van der Waals surface area contributed by atoms with Crippen LogP contribution in [0.3, 0.4) is 0 Å². The Kier molecular flexibility index (Phi) is 12.0. The number of aromatic nitrogens is 8. The van der Waals surface area contributed by atoms with Gasteiger partial charge in [-0.05, 0) is 124 Å². The van der Waals surface area contributed by atoms with Crippen molar-refractivity contribution in [1.82, 2.24) is 39.5 Å². The summed E-state index contributed by atoms with van der Waals surface area (Å²) in [6.45, 7) is 15.2. The lowest BCUT2D eigenvalue weighted by molar-refractivity contribution is 0.00578. The molecule has 2 aromatic carbocycles. The zero-order chi connectivity index (χ0) is 42.8. The Labute approximate surface area is 357 Å². The fraction of sp³-hybridized carbons (Fsp3) is 0.217. The molecule has 0 aliphatic carbocycles. The highest BCUT2D eigenvalue weighted by Gasteiger charge is 2.51. The fourth-order valence-electron chi connectivity index (χ4n) is 6.39. The van der Waals surface area contributed by atoms with E-state index >= 15 is 0 Å². The molecular formula is C46H44BBrN8O4. The third-order valence-electron chi connectivity index (χ3n) is 10.4. The van der Waals surface area contributed by atoms with Crippen molar-refractivity contribution >= 4 is 61.9 Å². The van der Waals surface area contributed by atoms with Gasteiger partial charge in [-0.2, -0.15) is 10.2 Å². The van der Waals surface area contributed by atoms with Crippen molar-refractivity contribution in [3.05, 3.63) is 149 Å². The van der Waals surface area contributed by atoms with Crippen molar-refractivity contribution in [3.63, 3.8) is 0 Å². The molecule has 6 aromatic heterocycles. The third-order valence-corrected chi connectivity index (χ3v) is 10.8. The van der Waals surface area contributed by atoms with Gasteiger partial charge in [0.2, 0.25) is 0 Å². The Morgan fingerprint density at radius 3 is 1.62 bits per heavy atom. The SMILES string of the molecule is CC(=O)c1cccc(-c2ccc3cnn(-c4cccc(C)n4)c3c2)n1.CC(=O)c1cccc(Br)n1.Cc1cccc(-n2ncc3ccc(B4OC(C)(C)C(C)(C)O4)cc32)n1. The molecule has 7 heterocycles. The van der Waals surface area contributed by atoms with Gasteiger partial charge in [-0.15, -0.1) is 0 Å². The van der Waals surface area contributed by atoms with Gasteiger partial charge in [0.25, 0.3) is 0 Å². The lowest BCUT2D eigenvalue weighted by atomic mass is 9.79. The highest BCUT2D eigenvalue weighted by atomic mass is 79.9. The fourth-order valence-corrected chi connectivity index (χ4v) is 6.74. The van der Waals surface area contributed by atoms with Crippen LogP contribution in [-0.2, 0) is 9.31 Å². The van der Waals surface area contributed by atoms with E-state index in [1.807, 2.05) is 108 Å². The number of carbonyl (C=O) groups excluding carboxylic acids is 2. The van der Waals surface area contributed by atoms with Crippen molar-refractivity contribution in [1.29, 1.82) is 0 Å². The maximum atomic E-state index is 11.6. The first kappa shape index (κ1) is 41.9. The Morgan fingerprint density at radius 2 is 1.10 bits per heavy atom.